The van der Waals surface area contributed by atoms with Crippen LogP contribution >= 0.6 is 38.9 Å². The lowest BCUT2D eigenvalue weighted by Crippen LogP contribution is -2.17. The first kappa shape index (κ1) is 13.8. The van der Waals surface area contributed by atoms with Crippen molar-refractivity contribution in [3.63, 3.8) is 0 Å². The molecule has 0 radical (unpaired) electrons. The summed E-state index contributed by atoms with van der Waals surface area (Å²) in [5.41, 5.74) is 1.78. The van der Waals surface area contributed by atoms with E-state index in [0.29, 0.717) is 5.88 Å². The average molecular weight is 349 g/mol. The van der Waals surface area contributed by atoms with E-state index >= 15 is 0 Å². The first-order chi connectivity index (χ1) is 8.60. The van der Waals surface area contributed by atoms with Crippen LogP contribution in [0.4, 0.5) is 10.1 Å². The maximum Gasteiger partial charge on any atom is 0.123 e. The van der Waals surface area contributed by atoms with Gasteiger partial charge in [0.2, 0.25) is 0 Å². The molecule has 0 amide bonds. The lowest BCUT2D eigenvalue weighted by molar-refractivity contribution is 0.626. The Morgan fingerprint density at radius 1 is 1.39 bits per heavy atom. The van der Waals surface area contributed by atoms with E-state index in [2.05, 4.69) is 32.3 Å². The SMILES string of the molecule is CN(Cc1cc(Br)cs1)c1ccc(F)cc1CCl. The van der Waals surface area contributed by atoms with Crippen molar-refractivity contribution in [2.45, 2.75) is 12.4 Å². The van der Waals surface area contributed by atoms with Gasteiger partial charge in [-0.3, -0.25) is 0 Å². The van der Waals surface area contributed by atoms with Gasteiger partial charge in [0.25, 0.3) is 0 Å². The number of thiophene rings is 1. The molecule has 0 fully saturated rings. The summed E-state index contributed by atoms with van der Waals surface area (Å²) in [6.07, 6.45) is 0. The van der Waals surface area contributed by atoms with E-state index in [1.807, 2.05) is 7.05 Å². The van der Waals surface area contributed by atoms with Gasteiger partial charge in [-0.25, -0.2) is 4.39 Å². The largest absolute Gasteiger partial charge is 0.369 e. The molecule has 5 heteroatoms. The Hall–Kier alpha value is -0.580. The second-order valence-electron chi connectivity index (χ2n) is 3.99. The molecule has 2 aromatic rings. The van der Waals surface area contributed by atoms with Crippen LogP contribution in [0, 0.1) is 5.82 Å². The minimum atomic E-state index is -0.248. The molecule has 18 heavy (non-hydrogen) atoms. The van der Waals surface area contributed by atoms with Gasteiger partial charge in [-0.1, -0.05) is 0 Å². The highest BCUT2D eigenvalue weighted by Crippen LogP contribution is 2.26. The fourth-order valence-corrected chi connectivity index (χ4v) is 3.51. The van der Waals surface area contributed by atoms with Crippen molar-refractivity contribution in [1.82, 2.24) is 0 Å². The number of benzene rings is 1. The van der Waals surface area contributed by atoms with Crippen LogP contribution in [0.2, 0.25) is 0 Å². The number of nitrogens with zero attached hydrogens (tertiary/aromatic N) is 1. The summed E-state index contributed by atoms with van der Waals surface area (Å²) in [7, 11) is 1.98. The standard InChI is InChI=1S/C13H12BrClFNS/c1-17(7-12-5-10(14)8-18-12)13-3-2-11(16)4-9(13)6-15/h2-5,8H,6-7H2,1H3. The molecule has 1 aromatic carbocycles. The summed E-state index contributed by atoms with van der Waals surface area (Å²) in [6, 6.07) is 6.82. The van der Waals surface area contributed by atoms with Crippen LogP contribution in [-0.4, -0.2) is 7.05 Å². The van der Waals surface area contributed by atoms with E-state index in [9.17, 15) is 4.39 Å². The molecule has 1 nitrogen and oxygen atoms in total. The van der Waals surface area contributed by atoms with Crippen LogP contribution < -0.4 is 4.90 Å². The van der Waals surface area contributed by atoms with Crippen molar-refractivity contribution in [2.75, 3.05) is 11.9 Å². The summed E-state index contributed by atoms with van der Waals surface area (Å²) < 4.78 is 14.2. The van der Waals surface area contributed by atoms with Gasteiger partial charge in [0.1, 0.15) is 5.82 Å². The molecule has 0 aliphatic heterocycles. The van der Waals surface area contributed by atoms with Gasteiger partial charge in [0.05, 0.1) is 6.54 Å². The molecule has 0 saturated carbocycles. The normalized spacial score (nSPS) is 10.7. The highest BCUT2D eigenvalue weighted by Gasteiger charge is 2.09. The zero-order valence-corrected chi connectivity index (χ0v) is 12.9. The molecule has 0 N–H and O–H groups in total. The number of hydrogen-bond donors (Lipinski definition) is 0. The molecular weight excluding hydrogens is 337 g/mol. The molecule has 0 spiro atoms. The Bertz CT molecular complexity index is 544. The van der Waals surface area contributed by atoms with Crippen molar-refractivity contribution in [2.24, 2.45) is 0 Å². The lowest BCUT2D eigenvalue weighted by atomic mass is 10.2. The van der Waals surface area contributed by atoms with Gasteiger partial charge in [-0.15, -0.1) is 22.9 Å². The zero-order valence-electron chi connectivity index (χ0n) is 9.79. The second-order valence-corrected chi connectivity index (χ2v) is 6.17. The first-order valence-electron chi connectivity index (χ1n) is 5.38. The van der Waals surface area contributed by atoms with Crippen molar-refractivity contribution in [3.8, 4) is 0 Å². The molecule has 0 aliphatic carbocycles. The maximum absolute atomic E-state index is 13.1. The Morgan fingerprint density at radius 2 is 2.17 bits per heavy atom. The quantitative estimate of drug-likeness (QED) is 0.701. The van der Waals surface area contributed by atoms with Crippen LogP contribution in [0.25, 0.3) is 0 Å². The van der Waals surface area contributed by atoms with E-state index in [0.717, 1.165) is 22.3 Å². The molecule has 2 rings (SSSR count). The van der Waals surface area contributed by atoms with Crippen LogP contribution in [0.3, 0.4) is 0 Å². The van der Waals surface area contributed by atoms with E-state index in [-0.39, 0.29) is 5.82 Å². The summed E-state index contributed by atoms with van der Waals surface area (Å²) in [5, 5.41) is 2.05. The van der Waals surface area contributed by atoms with Gasteiger partial charge < -0.3 is 4.90 Å². The highest BCUT2D eigenvalue weighted by atomic mass is 79.9. The monoisotopic (exact) mass is 347 g/mol. The minimum Gasteiger partial charge on any atom is -0.369 e. The number of alkyl halides is 1. The number of anilines is 1. The molecule has 0 atom stereocenters. The lowest BCUT2D eigenvalue weighted by Gasteiger charge is -2.21. The van der Waals surface area contributed by atoms with E-state index in [1.165, 1.54) is 17.0 Å². The van der Waals surface area contributed by atoms with E-state index < -0.39 is 0 Å². The fraction of sp³-hybridized carbons (Fsp3) is 0.231. The molecule has 1 aromatic heterocycles. The third-order valence-corrected chi connectivity index (χ3v) is 4.58. The third-order valence-electron chi connectivity index (χ3n) is 2.61. The minimum absolute atomic E-state index is 0.248. The van der Waals surface area contributed by atoms with Crippen LogP contribution in [0.15, 0.2) is 34.1 Å². The summed E-state index contributed by atoms with van der Waals surface area (Å²) in [4.78, 5) is 3.32. The van der Waals surface area contributed by atoms with Gasteiger partial charge in [-0.2, -0.15) is 0 Å². The molecule has 0 bridgehead atoms. The van der Waals surface area contributed by atoms with E-state index in [1.54, 1.807) is 17.4 Å². The van der Waals surface area contributed by atoms with Gasteiger partial charge >= 0.3 is 0 Å². The predicted molar refractivity (Wildman–Crippen MR) is 80.1 cm³/mol. The second kappa shape index (κ2) is 6.04. The Labute approximate surface area is 123 Å². The summed E-state index contributed by atoms with van der Waals surface area (Å²) in [6.45, 7) is 0.784. The molecular formula is C13H12BrClFNS. The molecule has 0 saturated heterocycles. The highest BCUT2D eigenvalue weighted by molar-refractivity contribution is 9.10. The maximum atomic E-state index is 13.1. The van der Waals surface area contributed by atoms with Gasteiger partial charge in [0, 0.05) is 33.3 Å². The van der Waals surface area contributed by atoms with Crippen molar-refractivity contribution in [3.05, 3.63) is 50.4 Å². The summed E-state index contributed by atoms with van der Waals surface area (Å²) >= 11 is 11.0. The average Bonchev–Trinajstić information content (AvgIpc) is 2.74. The number of rotatable bonds is 4. The fourth-order valence-electron chi connectivity index (χ4n) is 1.79. The Kier molecular flexibility index (Phi) is 4.65. The van der Waals surface area contributed by atoms with Crippen LogP contribution in [0.1, 0.15) is 10.4 Å². The van der Waals surface area contributed by atoms with Crippen LogP contribution in [0.5, 0.6) is 0 Å². The van der Waals surface area contributed by atoms with Gasteiger partial charge in [0.15, 0.2) is 0 Å². The molecule has 96 valence electrons. The molecule has 1 heterocycles. The smallest absolute Gasteiger partial charge is 0.123 e. The topological polar surface area (TPSA) is 3.24 Å². The molecule has 0 unspecified atom stereocenters. The van der Waals surface area contributed by atoms with E-state index in [4.69, 9.17) is 11.6 Å². The number of halogens is 3. The van der Waals surface area contributed by atoms with Gasteiger partial charge in [-0.05, 0) is 45.8 Å². The zero-order chi connectivity index (χ0) is 13.1. The van der Waals surface area contributed by atoms with Crippen molar-refractivity contribution < 1.29 is 4.39 Å². The molecule has 0 aliphatic rings. The van der Waals surface area contributed by atoms with Crippen molar-refractivity contribution >= 4 is 44.6 Å². The first-order valence-corrected chi connectivity index (χ1v) is 7.59. The third kappa shape index (κ3) is 3.25. The Morgan fingerprint density at radius 3 is 2.78 bits per heavy atom. The van der Waals surface area contributed by atoms with Crippen molar-refractivity contribution in [1.29, 1.82) is 0 Å². The van der Waals surface area contributed by atoms with Crippen LogP contribution in [-0.2, 0) is 12.4 Å². The number of hydrogen-bond acceptors (Lipinski definition) is 2. The summed E-state index contributed by atoms with van der Waals surface area (Å²) in [5.74, 6) is 0.0626. The predicted octanol–water partition coefficient (Wildman–Crippen LogP) is 5.02. The Balaban J connectivity index is 2.20.